The second kappa shape index (κ2) is 9.33. The molecule has 1 rings (SSSR count). The predicted molar refractivity (Wildman–Crippen MR) is 75.8 cm³/mol. The lowest BCUT2D eigenvalue weighted by Gasteiger charge is -2.32. The van der Waals surface area contributed by atoms with E-state index in [-0.39, 0.29) is 24.8 Å². The first-order chi connectivity index (χ1) is 10.0. The number of piperidine rings is 1. The number of carbonyl (C=O) groups excluding carboxylic acids is 2. The number of aliphatic carboxylic acids is 1. The van der Waals surface area contributed by atoms with E-state index >= 15 is 0 Å². The Bertz CT molecular complexity index is 370. The molecule has 1 fully saturated rings. The van der Waals surface area contributed by atoms with Gasteiger partial charge in [0.25, 0.3) is 0 Å². The Balaban J connectivity index is 2.25. The minimum Gasteiger partial charge on any atom is -0.481 e. The van der Waals surface area contributed by atoms with Crippen molar-refractivity contribution in [2.45, 2.75) is 38.5 Å². The zero-order valence-corrected chi connectivity index (χ0v) is 12.5. The van der Waals surface area contributed by atoms with Gasteiger partial charge in [0, 0.05) is 39.0 Å². The second-order valence-electron chi connectivity index (χ2n) is 5.36. The Morgan fingerprint density at radius 2 is 2.00 bits per heavy atom. The van der Waals surface area contributed by atoms with Crippen LogP contribution in [0.15, 0.2) is 0 Å². The topological polar surface area (TPSA) is 95.9 Å². The van der Waals surface area contributed by atoms with Crippen molar-refractivity contribution < 1.29 is 24.2 Å². The molecule has 0 aromatic carbocycles. The van der Waals surface area contributed by atoms with E-state index in [4.69, 9.17) is 9.84 Å². The molecule has 120 valence electrons. The fourth-order valence-electron chi connectivity index (χ4n) is 2.44. The predicted octanol–water partition coefficient (Wildman–Crippen LogP) is 1.23. The van der Waals surface area contributed by atoms with Gasteiger partial charge < -0.3 is 14.7 Å². The Labute approximate surface area is 124 Å². The van der Waals surface area contributed by atoms with E-state index in [0.717, 1.165) is 12.8 Å². The Morgan fingerprint density at radius 3 is 2.67 bits per heavy atom. The maximum Gasteiger partial charge on any atom is 0.324 e. The molecule has 7 heteroatoms. The highest BCUT2D eigenvalue weighted by atomic mass is 16.5. The summed E-state index contributed by atoms with van der Waals surface area (Å²) in [5, 5.41) is 10.9. The molecule has 0 spiro atoms. The minimum absolute atomic E-state index is 0.0477. The van der Waals surface area contributed by atoms with Crippen molar-refractivity contribution in [3.05, 3.63) is 0 Å². The SMILES string of the molecule is COCC1CCCN(C(=O)NC(=O)CCCCC(=O)O)C1. The normalized spacial score (nSPS) is 18.3. The molecule has 1 heterocycles. The van der Waals surface area contributed by atoms with Gasteiger partial charge >= 0.3 is 12.0 Å². The van der Waals surface area contributed by atoms with Crippen LogP contribution >= 0.6 is 0 Å². The molecule has 1 aliphatic rings. The number of nitrogens with zero attached hydrogens (tertiary/aromatic N) is 1. The van der Waals surface area contributed by atoms with E-state index in [1.54, 1.807) is 12.0 Å². The van der Waals surface area contributed by atoms with E-state index in [9.17, 15) is 14.4 Å². The number of hydrogen-bond acceptors (Lipinski definition) is 4. The van der Waals surface area contributed by atoms with Gasteiger partial charge in [-0.15, -0.1) is 0 Å². The van der Waals surface area contributed by atoms with E-state index < -0.39 is 5.97 Å². The average Bonchev–Trinajstić information content (AvgIpc) is 2.44. The van der Waals surface area contributed by atoms with Crippen molar-refractivity contribution in [3.8, 4) is 0 Å². The molecule has 2 N–H and O–H groups in total. The Kier molecular flexibility index (Phi) is 7.74. The molecule has 0 aromatic heterocycles. The second-order valence-corrected chi connectivity index (χ2v) is 5.36. The van der Waals surface area contributed by atoms with Crippen molar-refractivity contribution >= 4 is 17.9 Å². The maximum absolute atomic E-state index is 12.0. The first-order valence-corrected chi connectivity index (χ1v) is 7.32. The largest absolute Gasteiger partial charge is 0.481 e. The van der Waals surface area contributed by atoms with Gasteiger partial charge in [0.05, 0.1) is 6.61 Å². The summed E-state index contributed by atoms with van der Waals surface area (Å²) in [7, 11) is 1.64. The molecule has 7 nitrogen and oxygen atoms in total. The van der Waals surface area contributed by atoms with Crippen molar-refractivity contribution in [2.75, 3.05) is 26.8 Å². The van der Waals surface area contributed by atoms with Gasteiger partial charge in [-0.3, -0.25) is 14.9 Å². The number of methoxy groups -OCH3 is 1. The summed E-state index contributed by atoms with van der Waals surface area (Å²) in [4.78, 5) is 35.6. The number of rotatable bonds is 7. The first kappa shape index (κ1) is 17.4. The van der Waals surface area contributed by atoms with Gasteiger partial charge in [0.2, 0.25) is 5.91 Å². The van der Waals surface area contributed by atoms with Gasteiger partial charge in [-0.05, 0) is 25.7 Å². The standard InChI is InChI=1S/C14H24N2O5/c1-21-10-11-5-4-8-16(9-11)14(20)15-12(17)6-2-3-7-13(18)19/h11H,2-10H2,1H3,(H,18,19)(H,15,17,20). The summed E-state index contributed by atoms with van der Waals surface area (Å²) in [6.45, 7) is 1.87. The lowest BCUT2D eigenvalue weighted by molar-refractivity contribution is -0.137. The van der Waals surface area contributed by atoms with Crippen molar-refractivity contribution in [3.63, 3.8) is 0 Å². The molecule has 1 unspecified atom stereocenters. The van der Waals surface area contributed by atoms with Crippen LogP contribution in [0.1, 0.15) is 38.5 Å². The van der Waals surface area contributed by atoms with Gasteiger partial charge in [0.1, 0.15) is 0 Å². The van der Waals surface area contributed by atoms with E-state index in [1.165, 1.54) is 0 Å². The van der Waals surface area contributed by atoms with Crippen molar-refractivity contribution in [2.24, 2.45) is 5.92 Å². The van der Waals surface area contributed by atoms with Crippen LogP contribution in [0.4, 0.5) is 4.79 Å². The molecule has 0 bridgehead atoms. The number of imide groups is 1. The number of hydrogen-bond donors (Lipinski definition) is 2. The molecular weight excluding hydrogens is 276 g/mol. The number of likely N-dealkylation sites (tertiary alicyclic amines) is 1. The summed E-state index contributed by atoms with van der Waals surface area (Å²) >= 11 is 0. The van der Waals surface area contributed by atoms with Crippen LogP contribution in [0.5, 0.6) is 0 Å². The van der Waals surface area contributed by atoms with Crippen LogP contribution in [0.25, 0.3) is 0 Å². The van der Waals surface area contributed by atoms with Gasteiger partial charge in [-0.25, -0.2) is 4.79 Å². The summed E-state index contributed by atoms with van der Waals surface area (Å²) in [6, 6.07) is -0.362. The number of ether oxygens (including phenoxy) is 1. The third kappa shape index (κ3) is 7.08. The summed E-state index contributed by atoms with van der Waals surface area (Å²) < 4.78 is 5.10. The van der Waals surface area contributed by atoms with Crippen LogP contribution in [-0.2, 0) is 14.3 Å². The molecule has 0 aromatic rings. The number of amides is 3. The van der Waals surface area contributed by atoms with Crippen LogP contribution in [-0.4, -0.2) is 54.7 Å². The zero-order valence-electron chi connectivity index (χ0n) is 12.5. The van der Waals surface area contributed by atoms with Gasteiger partial charge in [0.15, 0.2) is 0 Å². The summed E-state index contributed by atoms with van der Waals surface area (Å²) in [5.74, 6) is -0.900. The average molecular weight is 300 g/mol. The number of nitrogens with one attached hydrogen (secondary N) is 1. The smallest absolute Gasteiger partial charge is 0.324 e. The highest BCUT2D eigenvalue weighted by Gasteiger charge is 2.24. The summed E-state index contributed by atoms with van der Waals surface area (Å²) in [6.07, 6.45) is 3.07. The molecule has 1 atom stereocenters. The highest BCUT2D eigenvalue weighted by Crippen LogP contribution is 2.16. The Morgan fingerprint density at radius 1 is 1.29 bits per heavy atom. The number of unbranched alkanes of at least 4 members (excludes halogenated alkanes) is 1. The van der Waals surface area contributed by atoms with E-state index in [1.807, 2.05) is 0 Å². The lowest BCUT2D eigenvalue weighted by atomic mass is 9.99. The molecule has 0 aliphatic carbocycles. The Hall–Kier alpha value is -1.63. The van der Waals surface area contributed by atoms with Crippen molar-refractivity contribution in [1.82, 2.24) is 10.2 Å². The van der Waals surface area contributed by atoms with Crippen LogP contribution in [0, 0.1) is 5.92 Å². The van der Waals surface area contributed by atoms with Crippen molar-refractivity contribution in [1.29, 1.82) is 0 Å². The minimum atomic E-state index is -0.871. The van der Waals surface area contributed by atoms with Gasteiger partial charge in [-0.2, -0.15) is 0 Å². The first-order valence-electron chi connectivity index (χ1n) is 7.32. The van der Waals surface area contributed by atoms with E-state index in [2.05, 4.69) is 5.32 Å². The van der Waals surface area contributed by atoms with Crippen LogP contribution in [0.3, 0.4) is 0 Å². The maximum atomic E-state index is 12.0. The number of urea groups is 1. The molecule has 1 aliphatic heterocycles. The molecule has 3 amide bonds. The van der Waals surface area contributed by atoms with Crippen LogP contribution in [0.2, 0.25) is 0 Å². The number of carbonyl (C=O) groups is 3. The molecule has 1 saturated heterocycles. The molecular formula is C14H24N2O5. The van der Waals surface area contributed by atoms with E-state index in [0.29, 0.717) is 38.5 Å². The molecule has 21 heavy (non-hydrogen) atoms. The molecule has 0 radical (unpaired) electrons. The van der Waals surface area contributed by atoms with Gasteiger partial charge in [-0.1, -0.05) is 0 Å². The molecule has 0 saturated carbocycles. The third-order valence-corrected chi connectivity index (χ3v) is 3.50. The number of carboxylic acid groups (broad SMARTS) is 1. The quantitative estimate of drug-likeness (QED) is 0.689. The summed E-state index contributed by atoms with van der Waals surface area (Å²) in [5.41, 5.74) is 0. The monoisotopic (exact) mass is 300 g/mol. The zero-order chi connectivity index (χ0) is 15.7. The number of carboxylic acids is 1. The fourth-order valence-corrected chi connectivity index (χ4v) is 2.44. The lowest BCUT2D eigenvalue weighted by Crippen LogP contribution is -2.48. The fraction of sp³-hybridized carbons (Fsp3) is 0.786. The highest BCUT2D eigenvalue weighted by molar-refractivity contribution is 5.94. The van der Waals surface area contributed by atoms with Crippen LogP contribution < -0.4 is 5.32 Å². The third-order valence-electron chi connectivity index (χ3n) is 3.50.